The summed E-state index contributed by atoms with van der Waals surface area (Å²) in [4.78, 5) is 12.2. The van der Waals surface area contributed by atoms with Gasteiger partial charge < -0.3 is 9.73 Å². The molecule has 7 heteroatoms. The molecule has 3 aromatic rings. The number of nitrogens with one attached hydrogen (secondary N) is 1. The molecule has 25 heavy (non-hydrogen) atoms. The zero-order valence-electron chi connectivity index (χ0n) is 12.6. The molecule has 0 aliphatic carbocycles. The summed E-state index contributed by atoms with van der Waals surface area (Å²) in [6.07, 6.45) is -4.44. The van der Waals surface area contributed by atoms with Crippen molar-refractivity contribution in [3.63, 3.8) is 0 Å². The minimum Gasteiger partial charge on any atom is -0.451 e. The van der Waals surface area contributed by atoms with Crippen LogP contribution in [0, 0.1) is 3.57 Å². The molecule has 1 heterocycles. The van der Waals surface area contributed by atoms with Gasteiger partial charge in [0.05, 0.1) is 11.3 Å². The summed E-state index contributed by atoms with van der Waals surface area (Å²) >= 11 is 2.09. The van der Waals surface area contributed by atoms with Crippen molar-refractivity contribution in [2.75, 3.05) is 5.32 Å². The molecule has 0 saturated heterocycles. The second kappa shape index (κ2) is 6.91. The molecule has 0 spiro atoms. The summed E-state index contributed by atoms with van der Waals surface area (Å²) < 4.78 is 44.7. The molecule has 0 fully saturated rings. The predicted octanol–water partition coefficient (Wildman–Crippen LogP) is 5.82. The summed E-state index contributed by atoms with van der Waals surface area (Å²) in [7, 11) is 0. The van der Waals surface area contributed by atoms with Crippen LogP contribution in [0.1, 0.15) is 16.1 Å². The van der Waals surface area contributed by atoms with Gasteiger partial charge in [-0.05, 0) is 59.0 Å². The number of amides is 1. The second-order valence-corrected chi connectivity index (χ2v) is 6.34. The summed E-state index contributed by atoms with van der Waals surface area (Å²) in [6, 6.07) is 14.9. The largest absolute Gasteiger partial charge is 0.451 e. The van der Waals surface area contributed by atoms with E-state index in [0.717, 1.165) is 15.7 Å². The molecule has 3 rings (SSSR count). The normalized spacial score (nSPS) is 11.4. The molecule has 0 unspecified atom stereocenters. The molecule has 0 radical (unpaired) electrons. The number of hydrogen-bond donors (Lipinski definition) is 1. The molecule has 0 aliphatic heterocycles. The van der Waals surface area contributed by atoms with Gasteiger partial charge in [-0.1, -0.05) is 24.3 Å². The Morgan fingerprint density at radius 1 is 1.00 bits per heavy atom. The third kappa shape index (κ3) is 4.04. The van der Waals surface area contributed by atoms with Gasteiger partial charge >= 0.3 is 6.18 Å². The fraction of sp³-hybridized carbons (Fsp3) is 0.0556. The number of rotatable bonds is 3. The molecule has 1 amide bonds. The maximum absolute atomic E-state index is 12.8. The van der Waals surface area contributed by atoms with Gasteiger partial charge in [0.15, 0.2) is 5.76 Å². The van der Waals surface area contributed by atoms with Gasteiger partial charge in [0.2, 0.25) is 0 Å². The van der Waals surface area contributed by atoms with E-state index in [4.69, 9.17) is 4.42 Å². The minimum absolute atomic E-state index is 0.0204. The highest BCUT2D eigenvalue weighted by Crippen LogP contribution is 2.32. The lowest BCUT2D eigenvalue weighted by Gasteiger charge is -2.07. The molecule has 2 aromatic carbocycles. The third-order valence-corrected chi connectivity index (χ3v) is 4.37. The zero-order valence-corrected chi connectivity index (χ0v) is 14.8. The number of alkyl halides is 3. The standard InChI is InChI=1S/C18H11F3INO2/c19-18(20,21)12-5-3-4-11(10-12)15-8-9-16(25-15)17(24)23-14-7-2-1-6-13(14)22/h1-10H,(H,23,24). The van der Waals surface area contributed by atoms with Gasteiger partial charge in [-0.15, -0.1) is 0 Å². The first-order valence-electron chi connectivity index (χ1n) is 7.18. The quantitative estimate of drug-likeness (QED) is 0.504. The summed E-state index contributed by atoms with van der Waals surface area (Å²) in [5.41, 5.74) is 0.111. The molecule has 3 nitrogen and oxygen atoms in total. The number of carbonyl (C=O) groups excluding carboxylic acids is 1. The molecule has 0 aliphatic rings. The number of furan rings is 1. The Kier molecular flexibility index (Phi) is 4.85. The monoisotopic (exact) mass is 457 g/mol. The molecule has 1 aromatic heterocycles. The van der Waals surface area contributed by atoms with Crippen molar-refractivity contribution in [1.29, 1.82) is 0 Å². The average Bonchev–Trinajstić information content (AvgIpc) is 3.06. The number of para-hydroxylation sites is 1. The van der Waals surface area contributed by atoms with E-state index in [0.29, 0.717) is 5.69 Å². The van der Waals surface area contributed by atoms with Gasteiger partial charge in [0, 0.05) is 9.13 Å². The van der Waals surface area contributed by atoms with Crippen molar-refractivity contribution in [3.05, 3.63) is 75.6 Å². The Morgan fingerprint density at radius 3 is 2.48 bits per heavy atom. The van der Waals surface area contributed by atoms with Crippen LogP contribution >= 0.6 is 22.6 Å². The smallest absolute Gasteiger partial charge is 0.416 e. The van der Waals surface area contributed by atoms with Crippen molar-refractivity contribution in [3.8, 4) is 11.3 Å². The number of benzene rings is 2. The first kappa shape index (κ1) is 17.5. The summed E-state index contributed by atoms with van der Waals surface area (Å²) in [5, 5.41) is 2.71. The van der Waals surface area contributed by atoms with E-state index in [1.807, 2.05) is 12.1 Å². The highest BCUT2D eigenvalue weighted by atomic mass is 127. The van der Waals surface area contributed by atoms with Crippen LogP contribution in [-0.4, -0.2) is 5.91 Å². The number of anilines is 1. The second-order valence-electron chi connectivity index (χ2n) is 5.18. The molecular weight excluding hydrogens is 446 g/mol. The third-order valence-electron chi connectivity index (χ3n) is 3.43. The summed E-state index contributed by atoms with van der Waals surface area (Å²) in [6.45, 7) is 0. The van der Waals surface area contributed by atoms with Crippen LogP contribution in [0.5, 0.6) is 0 Å². The maximum Gasteiger partial charge on any atom is 0.416 e. The molecular formula is C18H11F3INO2. The van der Waals surface area contributed by atoms with Crippen molar-refractivity contribution in [1.82, 2.24) is 0 Å². The van der Waals surface area contributed by atoms with Crippen LogP contribution in [0.15, 0.2) is 65.1 Å². The van der Waals surface area contributed by atoms with Crippen molar-refractivity contribution >= 4 is 34.2 Å². The minimum atomic E-state index is -4.44. The fourth-order valence-corrected chi connectivity index (χ4v) is 2.73. The van der Waals surface area contributed by atoms with Crippen molar-refractivity contribution < 1.29 is 22.4 Å². The zero-order chi connectivity index (χ0) is 18.0. The van der Waals surface area contributed by atoms with Crippen LogP contribution in [-0.2, 0) is 6.18 Å². The van der Waals surface area contributed by atoms with Crippen LogP contribution in [0.2, 0.25) is 0 Å². The van der Waals surface area contributed by atoms with E-state index in [1.165, 1.54) is 24.3 Å². The Bertz CT molecular complexity index is 918. The fourth-order valence-electron chi connectivity index (χ4n) is 2.21. The van der Waals surface area contributed by atoms with Gasteiger partial charge in [-0.25, -0.2) is 0 Å². The van der Waals surface area contributed by atoms with Gasteiger partial charge in [-0.3, -0.25) is 4.79 Å². The number of halogens is 4. The highest BCUT2D eigenvalue weighted by Gasteiger charge is 2.30. The van der Waals surface area contributed by atoms with Crippen LogP contribution in [0.25, 0.3) is 11.3 Å². The number of carbonyl (C=O) groups is 1. The van der Waals surface area contributed by atoms with Gasteiger partial charge in [-0.2, -0.15) is 13.2 Å². The molecule has 1 N–H and O–H groups in total. The van der Waals surface area contributed by atoms with Crippen molar-refractivity contribution in [2.45, 2.75) is 6.18 Å². The SMILES string of the molecule is O=C(Nc1ccccc1I)c1ccc(-c2cccc(C(F)(F)F)c2)o1. The molecule has 0 bridgehead atoms. The Hall–Kier alpha value is -2.29. The van der Waals surface area contributed by atoms with E-state index in [9.17, 15) is 18.0 Å². The van der Waals surface area contributed by atoms with E-state index in [2.05, 4.69) is 27.9 Å². The predicted molar refractivity (Wildman–Crippen MR) is 96.3 cm³/mol. The van der Waals surface area contributed by atoms with Crippen LogP contribution < -0.4 is 5.32 Å². The van der Waals surface area contributed by atoms with Gasteiger partial charge in [0.25, 0.3) is 5.91 Å². The molecule has 0 atom stereocenters. The van der Waals surface area contributed by atoms with E-state index < -0.39 is 17.6 Å². The Balaban J connectivity index is 1.83. The number of hydrogen-bond acceptors (Lipinski definition) is 2. The lowest BCUT2D eigenvalue weighted by atomic mass is 10.1. The Labute approximate surface area is 155 Å². The molecule has 128 valence electrons. The average molecular weight is 457 g/mol. The van der Waals surface area contributed by atoms with Gasteiger partial charge in [0.1, 0.15) is 5.76 Å². The van der Waals surface area contributed by atoms with E-state index >= 15 is 0 Å². The molecule has 0 saturated carbocycles. The van der Waals surface area contributed by atoms with E-state index in [1.54, 1.807) is 12.1 Å². The lowest BCUT2D eigenvalue weighted by molar-refractivity contribution is -0.137. The first-order chi connectivity index (χ1) is 11.8. The summed E-state index contributed by atoms with van der Waals surface area (Å²) in [5.74, 6) is -0.256. The van der Waals surface area contributed by atoms with Crippen LogP contribution in [0.4, 0.5) is 18.9 Å². The van der Waals surface area contributed by atoms with E-state index in [-0.39, 0.29) is 17.1 Å². The Morgan fingerprint density at radius 2 is 1.76 bits per heavy atom. The van der Waals surface area contributed by atoms with Crippen molar-refractivity contribution in [2.24, 2.45) is 0 Å². The maximum atomic E-state index is 12.8. The highest BCUT2D eigenvalue weighted by molar-refractivity contribution is 14.1. The topological polar surface area (TPSA) is 42.2 Å². The lowest BCUT2D eigenvalue weighted by Crippen LogP contribution is -2.11. The first-order valence-corrected chi connectivity index (χ1v) is 8.26. The van der Waals surface area contributed by atoms with Crippen LogP contribution in [0.3, 0.4) is 0 Å².